The highest BCUT2D eigenvalue weighted by molar-refractivity contribution is 7.89. The highest BCUT2D eigenvalue weighted by Crippen LogP contribution is 2.32. The van der Waals surface area contributed by atoms with Gasteiger partial charge in [0, 0.05) is 31.5 Å². The summed E-state index contributed by atoms with van der Waals surface area (Å²) < 4.78 is 29.9. The fourth-order valence-electron chi connectivity index (χ4n) is 3.63. The van der Waals surface area contributed by atoms with E-state index >= 15 is 0 Å². The average molecular weight is 438 g/mol. The van der Waals surface area contributed by atoms with Crippen LogP contribution in [0, 0.1) is 0 Å². The van der Waals surface area contributed by atoms with Crippen molar-refractivity contribution in [2.75, 3.05) is 6.54 Å². The number of hydrogen-bond acceptors (Lipinski definition) is 3. The molecule has 7 heteroatoms. The SMILES string of the molecule is Cn1cccc1CN(Cc1ccccc1)C(=O)CN(C1CC1)S(=O)(=O)c1ccccc1. The lowest BCUT2D eigenvalue weighted by Gasteiger charge is -2.27. The number of sulfonamides is 1. The van der Waals surface area contributed by atoms with E-state index in [0.717, 1.165) is 24.1 Å². The monoisotopic (exact) mass is 437 g/mol. The van der Waals surface area contributed by atoms with Gasteiger partial charge in [-0.25, -0.2) is 8.42 Å². The second-order valence-electron chi connectivity index (χ2n) is 7.94. The number of carbonyl (C=O) groups is 1. The van der Waals surface area contributed by atoms with E-state index < -0.39 is 10.0 Å². The molecule has 0 atom stereocenters. The van der Waals surface area contributed by atoms with Gasteiger partial charge in [0.25, 0.3) is 0 Å². The van der Waals surface area contributed by atoms with Crippen molar-refractivity contribution < 1.29 is 13.2 Å². The van der Waals surface area contributed by atoms with Crippen molar-refractivity contribution in [2.45, 2.75) is 36.9 Å². The summed E-state index contributed by atoms with van der Waals surface area (Å²) in [7, 11) is -1.79. The smallest absolute Gasteiger partial charge is 0.243 e. The first-order valence-corrected chi connectivity index (χ1v) is 11.9. The van der Waals surface area contributed by atoms with Crippen molar-refractivity contribution in [1.82, 2.24) is 13.8 Å². The molecule has 1 amide bonds. The Balaban J connectivity index is 1.58. The molecule has 6 nitrogen and oxygen atoms in total. The number of nitrogens with zero attached hydrogens (tertiary/aromatic N) is 3. The Hall–Kier alpha value is -2.90. The summed E-state index contributed by atoms with van der Waals surface area (Å²) in [5.41, 5.74) is 2.00. The molecule has 1 aromatic heterocycles. The summed E-state index contributed by atoms with van der Waals surface area (Å²) in [4.78, 5) is 15.4. The first-order valence-electron chi connectivity index (χ1n) is 10.4. The van der Waals surface area contributed by atoms with Gasteiger partial charge in [0.15, 0.2) is 0 Å². The largest absolute Gasteiger partial charge is 0.353 e. The minimum atomic E-state index is -3.73. The van der Waals surface area contributed by atoms with Gasteiger partial charge in [-0.15, -0.1) is 0 Å². The maximum absolute atomic E-state index is 13.4. The quantitative estimate of drug-likeness (QED) is 0.515. The van der Waals surface area contributed by atoms with Crippen LogP contribution in [0.2, 0.25) is 0 Å². The Kier molecular flexibility index (Phi) is 6.25. The van der Waals surface area contributed by atoms with Crippen molar-refractivity contribution in [3.05, 3.63) is 90.3 Å². The maximum atomic E-state index is 13.4. The summed E-state index contributed by atoms with van der Waals surface area (Å²) in [5.74, 6) is -0.198. The van der Waals surface area contributed by atoms with Crippen LogP contribution in [0.15, 0.2) is 83.9 Å². The zero-order valence-corrected chi connectivity index (χ0v) is 18.4. The van der Waals surface area contributed by atoms with Crippen molar-refractivity contribution >= 4 is 15.9 Å². The normalized spacial score (nSPS) is 14.0. The zero-order chi connectivity index (χ0) is 21.8. The Morgan fingerprint density at radius 3 is 2.16 bits per heavy atom. The van der Waals surface area contributed by atoms with Gasteiger partial charge in [-0.05, 0) is 42.7 Å². The molecule has 1 aliphatic rings. The third kappa shape index (κ3) is 5.06. The van der Waals surface area contributed by atoms with E-state index in [1.54, 1.807) is 35.2 Å². The van der Waals surface area contributed by atoms with E-state index in [-0.39, 0.29) is 23.4 Å². The van der Waals surface area contributed by atoms with Gasteiger partial charge in [0.2, 0.25) is 15.9 Å². The van der Waals surface area contributed by atoms with Crippen LogP contribution in [0.1, 0.15) is 24.1 Å². The van der Waals surface area contributed by atoms with Crippen molar-refractivity contribution in [2.24, 2.45) is 7.05 Å². The number of rotatable bonds is 9. The molecule has 1 aliphatic carbocycles. The third-order valence-corrected chi connectivity index (χ3v) is 7.48. The number of aromatic nitrogens is 1. The molecular weight excluding hydrogens is 410 g/mol. The maximum Gasteiger partial charge on any atom is 0.243 e. The lowest BCUT2D eigenvalue weighted by Crippen LogP contribution is -2.43. The van der Waals surface area contributed by atoms with E-state index in [9.17, 15) is 13.2 Å². The number of carbonyl (C=O) groups excluding carboxylic acids is 1. The van der Waals surface area contributed by atoms with E-state index in [1.807, 2.05) is 60.3 Å². The molecule has 1 saturated carbocycles. The number of benzene rings is 2. The third-order valence-electron chi connectivity index (χ3n) is 5.57. The lowest BCUT2D eigenvalue weighted by molar-refractivity contribution is -0.132. The summed E-state index contributed by atoms with van der Waals surface area (Å²) in [5, 5.41) is 0. The van der Waals surface area contributed by atoms with Gasteiger partial charge in [0.05, 0.1) is 18.0 Å². The molecule has 31 heavy (non-hydrogen) atoms. The summed E-state index contributed by atoms with van der Waals surface area (Å²) >= 11 is 0. The fourth-order valence-corrected chi connectivity index (χ4v) is 5.28. The van der Waals surface area contributed by atoms with Gasteiger partial charge in [0.1, 0.15) is 0 Å². The second-order valence-corrected chi connectivity index (χ2v) is 9.83. The summed E-state index contributed by atoms with van der Waals surface area (Å²) in [6.07, 6.45) is 3.52. The van der Waals surface area contributed by atoms with Crippen molar-refractivity contribution in [3.63, 3.8) is 0 Å². The molecule has 0 saturated heterocycles. The minimum absolute atomic E-state index is 0.109. The van der Waals surface area contributed by atoms with Gasteiger partial charge in [-0.2, -0.15) is 4.31 Å². The Bertz CT molecular complexity index is 1120. The molecule has 0 bridgehead atoms. The molecule has 1 fully saturated rings. The van der Waals surface area contributed by atoms with Crippen LogP contribution in [-0.2, 0) is 35.0 Å². The van der Waals surface area contributed by atoms with Crippen LogP contribution in [0.5, 0.6) is 0 Å². The topological polar surface area (TPSA) is 62.6 Å². The van der Waals surface area contributed by atoms with E-state index in [4.69, 9.17) is 0 Å². The van der Waals surface area contributed by atoms with Gasteiger partial charge in [-0.3, -0.25) is 4.79 Å². The molecule has 0 N–H and O–H groups in total. The molecule has 0 unspecified atom stereocenters. The zero-order valence-electron chi connectivity index (χ0n) is 17.6. The standard InChI is InChI=1S/C24H27N3O3S/c1-25-16-8-11-22(25)18-26(17-20-9-4-2-5-10-20)24(28)19-27(21-14-15-21)31(29,30)23-12-6-3-7-13-23/h2-13,16,21H,14-15,17-19H2,1H3. The number of aryl methyl sites for hydroxylation is 1. The number of amides is 1. The molecule has 1 heterocycles. The second kappa shape index (κ2) is 9.08. The lowest BCUT2D eigenvalue weighted by atomic mass is 10.2. The van der Waals surface area contributed by atoms with Crippen LogP contribution < -0.4 is 0 Å². The fraction of sp³-hybridized carbons (Fsp3) is 0.292. The molecule has 0 aliphatic heterocycles. The van der Waals surface area contributed by atoms with E-state index in [2.05, 4.69) is 0 Å². The minimum Gasteiger partial charge on any atom is -0.353 e. The van der Waals surface area contributed by atoms with E-state index in [0.29, 0.717) is 13.1 Å². The van der Waals surface area contributed by atoms with Crippen molar-refractivity contribution in [1.29, 1.82) is 0 Å². The average Bonchev–Trinajstić information content (AvgIpc) is 3.54. The molecule has 0 radical (unpaired) electrons. The highest BCUT2D eigenvalue weighted by atomic mass is 32.2. The van der Waals surface area contributed by atoms with Crippen LogP contribution >= 0.6 is 0 Å². The summed E-state index contributed by atoms with van der Waals surface area (Å²) in [6, 6.07) is 21.9. The molecule has 2 aromatic carbocycles. The Morgan fingerprint density at radius 1 is 0.935 bits per heavy atom. The predicted molar refractivity (Wildman–Crippen MR) is 119 cm³/mol. The molecule has 0 spiro atoms. The van der Waals surface area contributed by atoms with Crippen LogP contribution in [0.25, 0.3) is 0 Å². The predicted octanol–water partition coefficient (Wildman–Crippen LogP) is 3.41. The Labute approximate surface area is 183 Å². The van der Waals surface area contributed by atoms with Crippen LogP contribution in [0.3, 0.4) is 0 Å². The van der Waals surface area contributed by atoms with E-state index in [1.165, 1.54) is 4.31 Å². The molecular formula is C24H27N3O3S. The van der Waals surface area contributed by atoms with Gasteiger partial charge < -0.3 is 9.47 Å². The number of hydrogen-bond donors (Lipinski definition) is 0. The highest BCUT2D eigenvalue weighted by Gasteiger charge is 2.40. The first kappa shape index (κ1) is 21.3. The van der Waals surface area contributed by atoms with Gasteiger partial charge in [-0.1, -0.05) is 48.5 Å². The first-order chi connectivity index (χ1) is 14.9. The summed E-state index contributed by atoms with van der Waals surface area (Å²) in [6.45, 7) is 0.689. The molecule has 4 rings (SSSR count). The molecule has 3 aromatic rings. The molecule has 162 valence electrons. The Morgan fingerprint density at radius 2 is 1.58 bits per heavy atom. The van der Waals surface area contributed by atoms with Crippen LogP contribution in [-0.4, -0.2) is 40.7 Å². The van der Waals surface area contributed by atoms with Crippen LogP contribution in [0.4, 0.5) is 0 Å². The van der Waals surface area contributed by atoms with Gasteiger partial charge >= 0.3 is 0 Å². The van der Waals surface area contributed by atoms with Crippen molar-refractivity contribution in [3.8, 4) is 0 Å².